The molecule has 0 spiro atoms. The van der Waals surface area contributed by atoms with Crippen LogP contribution in [0.25, 0.3) is 6.08 Å². The van der Waals surface area contributed by atoms with Crippen LogP contribution in [0.15, 0.2) is 24.3 Å². The lowest BCUT2D eigenvalue weighted by Gasteiger charge is -2.08. The zero-order valence-corrected chi connectivity index (χ0v) is 11.4. The summed E-state index contributed by atoms with van der Waals surface area (Å²) in [6.07, 6.45) is 5.65. The minimum absolute atomic E-state index is 0.0460. The van der Waals surface area contributed by atoms with Gasteiger partial charge in [0.25, 0.3) is 0 Å². The Labute approximate surface area is 121 Å². The minimum Gasteiger partial charge on any atom is -0.478 e. The fourth-order valence-electron chi connectivity index (χ4n) is 3.33. The Morgan fingerprint density at radius 3 is 2.62 bits per heavy atom. The van der Waals surface area contributed by atoms with Crippen LogP contribution in [0.2, 0.25) is 0 Å². The number of amides is 1. The van der Waals surface area contributed by atoms with Crippen molar-refractivity contribution in [3.05, 3.63) is 35.7 Å². The second kappa shape index (κ2) is 5.31. The number of hydrogen-bond donors (Lipinski definition) is 2. The molecule has 21 heavy (non-hydrogen) atoms. The maximum atomic E-state index is 13.9. The van der Waals surface area contributed by atoms with E-state index in [0.717, 1.165) is 18.9 Å². The molecule has 0 heterocycles. The molecular weight excluding hydrogens is 273 g/mol. The maximum Gasteiger partial charge on any atom is 0.328 e. The van der Waals surface area contributed by atoms with Crippen LogP contribution in [0.1, 0.15) is 24.8 Å². The van der Waals surface area contributed by atoms with Crippen molar-refractivity contribution < 1.29 is 19.1 Å². The summed E-state index contributed by atoms with van der Waals surface area (Å²) in [5.74, 6) is -0.714. The Bertz CT molecular complexity index is 616. The van der Waals surface area contributed by atoms with Gasteiger partial charge in [-0.15, -0.1) is 0 Å². The van der Waals surface area contributed by atoms with Crippen molar-refractivity contribution in [1.29, 1.82) is 0 Å². The van der Waals surface area contributed by atoms with E-state index in [0.29, 0.717) is 17.4 Å². The van der Waals surface area contributed by atoms with E-state index in [1.807, 2.05) is 0 Å². The Morgan fingerprint density at radius 2 is 2.00 bits per heavy atom. The van der Waals surface area contributed by atoms with Crippen molar-refractivity contribution in [3.8, 4) is 0 Å². The van der Waals surface area contributed by atoms with E-state index in [4.69, 9.17) is 5.11 Å². The molecule has 1 amide bonds. The third-order valence-electron chi connectivity index (χ3n) is 4.38. The van der Waals surface area contributed by atoms with Crippen LogP contribution in [0.5, 0.6) is 0 Å². The normalized spacial score (nSPS) is 26.6. The highest BCUT2D eigenvalue weighted by atomic mass is 19.1. The SMILES string of the molecule is O=C(O)/C=C/c1ccc(NC(=O)C2C3CCCC32)c(F)c1. The number of nitrogens with one attached hydrogen (secondary N) is 1. The predicted molar refractivity (Wildman–Crippen MR) is 76.0 cm³/mol. The van der Waals surface area contributed by atoms with Crippen molar-refractivity contribution in [2.24, 2.45) is 17.8 Å². The van der Waals surface area contributed by atoms with E-state index in [1.54, 1.807) is 6.07 Å². The molecule has 2 fully saturated rings. The molecule has 2 saturated carbocycles. The summed E-state index contributed by atoms with van der Waals surface area (Å²) in [4.78, 5) is 22.5. The lowest BCUT2D eigenvalue weighted by atomic mass is 10.1. The fourth-order valence-corrected chi connectivity index (χ4v) is 3.33. The lowest BCUT2D eigenvalue weighted by molar-refractivity contribution is -0.131. The number of carboxylic acids is 1. The van der Waals surface area contributed by atoms with Crippen LogP contribution in [-0.4, -0.2) is 17.0 Å². The lowest BCUT2D eigenvalue weighted by Crippen LogP contribution is -2.17. The van der Waals surface area contributed by atoms with Crippen molar-refractivity contribution in [2.75, 3.05) is 5.32 Å². The average Bonchev–Trinajstić information content (AvgIpc) is 2.93. The van der Waals surface area contributed by atoms with Gasteiger partial charge in [-0.05, 0) is 48.4 Å². The van der Waals surface area contributed by atoms with Crippen molar-refractivity contribution in [1.82, 2.24) is 0 Å². The Hall–Kier alpha value is -2.17. The highest BCUT2D eigenvalue weighted by molar-refractivity contribution is 5.95. The van der Waals surface area contributed by atoms with E-state index >= 15 is 0 Å². The van der Waals surface area contributed by atoms with Gasteiger partial charge in [-0.25, -0.2) is 9.18 Å². The minimum atomic E-state index is -1.09. The molecule has 0 aliphatic heterocycles. The molecule has 2 N–H and O–H groups in total. The van der Waals surface area contributed by atoms with Gasteiger partial charge in [0, 0.05) is 12.0 Å². The van der Waals surface area contributed by atoms with Crippen molar-refractivity contribution in [2.45, 2.75) is 19.3 Å². The molecule has 110 valence electrons. The van der Waals surface area contributed by atoms with Gasteiger partial charge in [0.05, 0.1) is 5.69 Å². The Balaban J connectivity index is 1.66. The van der Waals surface area contributed by atoms with E-state index < -0.39 is 11.8 Å². The molecule has 2 atom stereocenters. The van der Waals surface area contributed by atoms with Crippen LogP contribution < -0.4 is 5.32 Å². The molecule has 0 aromatic heterocycles. The number of hydrogen-bond acceptors (Lipinski definition) is 2. The second-order valence-electron chi connectivity index (χ2n) is 5.68. The monoisotopic (exact) mass is 289 g/mol. The number of carboxylic acid groups (broad SMARTS) is 1. The van der Waals surface area contributed by atoms with Crippen LogP contribution in [0, 0.1) is 23.6 Å². The molecule has 2 unspecified atom stereocenters. The molecule has 3 rings (SSSR count). The first-order chi connectivity index (χ1) is 10.1. The zero-order chi connectivity index (χ0) is 15.0. The summed E-state index contributed by atoms with van der Waals surface area (Å²) < 4.78 is 13.9. The summed E-state index contributed by atoms with van der Waals surface area (Å²) in [6, 6.07) is 4.25. The van der Waals surface area contributed by atoms with Gasteiger partial charge >= 0.3 is 5.97 Å². The smallest absolute Gasteiger partial charge is 0.328 e. The predicted octanol–water partition coefficient (Wildman–Crippen LogP) is 2.91. The van der Waals surface area contributed by atoms with Gasteiger partial charge < -0.3 is 10.4 Å². The quantitative estimate of drug-likeness (QED) is 0.838. The Kier molecular flexibility index (Phi) is 3.49. The maximum absolute atomic E-state index is 13.9. The van der Waals surface area contributed by atoms with Crippen LogP contribution in [0.3, 0.4) is 0 Å². The first-order valence-corrected chi connectivity index (χ1v) is 7.07. The van der Waals surface area contributed by atoms with Crippen LogP contribution in [-0.2, 0) is 9.59 Å². The Morgan fingerprint density at radius 1 is 1.29 bits per heavy atom. The third kappa shape index (κ3) is 2.82. The van der Waals surface area contributed by atoms with Gasteiger partial charge in [-0.1, -0.05) is 12.5 Å². The molecule has 1 aromatic carbocycles. The number of anilines is 1. The van der Waals surface area contributed by atoms with Gasteiger partial charge in [-0.3, -0.25) is 4.79 Å². The summed E-state index contributed by atoms with van der Waals surface area (Å²) in [7, 11) is 0. The fraction of sp³-hybridized carbons (Fsp3) is 0.375. The van der Waals surface area contributed by atoms with Gasteiger partial charge in [0.15, 0.2) is 0 Å². The standard InChI is InChI=1S/C16H16FNO3/c17-12-8-9(5-7-14(19)20)4-6-13(12)18-16(21)15-10-2-1-3-11(10)15/h4-8,10-11,15H,1-3H2,(H,18,21)(H,19,20)/b7-5+. The zero-order valence-electron chi connectivity index (χ0n) is 11.4. The molecule has 0 bridgehead atoms. The molecule has 2 aliphatic rings. The van der Waals surface area contributed by atoms with E-state index in [1.165, 1.54) is 24.6 Å². The largest absolute Gasteiger partial charge is 0.478 e. The summed E-state index contributed by atoms with van der Waals surface area (Å²) in [6.45, 7) is 0. The number of rotatable bonds is 4. The topological polar surface area (TPSA) is 66.4 Å². The number of fused-ring (bicyclic) bond motifs is 1. The number of carbonyl (C=O) groups excluding carboxylic acids is 1. The number of benzene rings is 1. The highest BCUT2D eigenvalue weighted by Gasteiger charge is 2.56. The average molecular weight is 289 g/mol. The van der Waals surface area contributed by atoms with E-state index in [9.17, 15) is 14.0 Å². The van der Waals surface area contributed by atoms with E-state index in [2.05, 4.69) is 5.32 Å². The first-order valence-electron chi connectivity index (χ1n) is 7.07. The summed E-state index contributed by atoms with van der Waals surface area (Å²) >= 11 is 0. The summed E-state index contributed by atoms with van der Waals surface area (Å²) in [5, 5.41) is 11.2. The van der Waals surface area contributed by atoms with Crippen molar-refractivity contribution in [3.63, 3.8) is 0 Å². The second-order valence-corrected chi connectivity index (χ2v) is 5.68. The molecule has 4 nitrogen and oxygen atoms in total. The molecule has 0 radical (unpaired) electrons. The molecule has 5 heteroatoms. The summed E-state index contributed by atoms with van der Waals surface area (Å²) in [5.41, 5.74) is 0.591. The third-order valence-corrected chi connectivity index (χ3v) is 4.38. The van der Waals surface area contributed by atoms with E-state index in [-0.39, 0.29) is 17.5 Å². The number of aliphatic carboxylic acids is 1. The molecule has 0 saturated heterocycles. The van der Waals surface area contributed by atoms with Crippen LogP contribution >= 0.6 is 0 Å². The number of halogens is 1. The van der Waals surface area contributed by atoms with Gasteiger partial charge in [-0.2, -0.15) is 0 Å². The highest BCUT2D eigenvalue weighted by Crippen LogP contribution is 2.57. The molecular formula is C16H16FNO3. The van der Waals surface area contributed by atoms with Crippen LogP contribution in [0.4, 0.5) is 10.1 Å². The van der Waals surface area contributed by atoms with Gasteiger partial charge in [0.1, 0.15) is 5.82 Å². The molecule has 1 aromatic rings. The molecule has 2 aliphatic carbocycles. The number of carbonyl (C=O) groups is 2. The first kappa shape index (κ1) is 13.8. The van der Waals surface area contributed by atoms with Gasteiger partial charge in [0.2, 0.25) is 5.91 Å². The van der Waals surface area contributed by atoms with Crippen molar-refractivity contribution >= 4 is 23.6 Å².